The van der Waals surface area contributed by atoms with Crippen LogP contribution in [0.1, 0.15) is 50.2 Å². The molecule has 154 valence electrons. The molecule has 0 radical (unpaired) electrons. The van der Waals surface area contributed by atoms with E-state index in [4.69, 9.17) is 9.72 Å². The summed E-state index contributed by atoms with van der Waals surface area (Å²) in [5.74, 6) is 2.07. The summed E-state index contributed by atoms with van der Waals surface area (Å²) in [5.41, 5.74) is 4.19. The lowest BCUT2D eigenvalue weighted by atomic mass is 10.1. The van der Waals surface area contributed by atoms with E-state index in [0.717, 1.165) is 46.7 Å². The maximum absolute atomic E-state index is 12.5. The molecule has 1 aromatic heterocycles. The molecule has 5 nitrogen and oxygen atoms in total. The van der Waals surface area contributed by atoms with Gasteiger partial charge in [0.15, 0.2) is 6.61 Å². The lowest BCUT2D eigenvalue weighted by Gasteiger charge is -2.17. The quantitative estimate of drug-likeness (QED) is 0.589. The summed E-state index contributed by atoms with van der Waals surface area (Å²) in [6.07, 6.45) is 1.06. The molecule has 1 amide bonds. The summed E-state index contributed by atoms with van der Waals surface area (Å²) < 4.78 is 7.97. The molecule has 1 unspecified atom stereocenters. The largest absolute Gasteiger partial charge is 0.483 e. The minimum Gasteiger partial charge on any atom is -0.483 e. The second kappa shape index (κ2) is 9.12. The fourth-order valence-corrected chi connectivity index (χ4v) is 3.40. The number of imidazole rings is 1. The molecule has 2 aromatic carbocycles. The van der Waals surface area contributed by atoms with Gasteiger partial charge in [0.1, 0.15) is 11.6 Å². The Morgan fingerprint density at radius 2 is 1.90 bits per heavy atom. The van der Waals surface area contributed by atoms with Gasteiger partial charge in [-0.05, 0) is 62.4 Å². The predicted octanol–water partition coefficient (Wildman–Crippen LogP) is 4.96. The van der Waals surface area contributed by atoms with Crippen LogP contribution in [-0.4, -0.2) is 22.1 Å². The van der Waals surface area contributed by atoms with Gasteiger partial charge in [-0.3, -0.25) is 4.79 Å². The van der Waals surface area contributed by atoms with E-state index in [1.807, 2.05) is 57.2 Å². The van der Waals surface area contributed by atoms with E-state index in [9.17, 15) is 4.79 Å². The van der Waals surface area contributed by atoms with E-state index in [0.29, 0.717) is 5.92 Å². The number of nitrogens with one attached hydrogen (secondary N) is 1. The van der Waals surface area contributed by atoms with Crippen molar-refractivity contribution in [2.45, 2.75) is 53.6 Å². The van der Waals surface area contributed by atoms with Gasteiger partial charge in [-0.15, -0.1) is 0 Å². The van der Waals surface area contributed by atoms with Gasteiger partial charge in [0.05, 0.1) is 17.1 Å². The van der Waals surface area contributed by atoms with E-state index in [1.54, 1.807) is 0 Å². The highest BCUT2D eigenvalue weighted by atomic mass is 16.5. The molecule has 5 heteroatoms. The van der Waals surface area contributed by atoms with Crippen LogP contribution in [0.3, 0.4) is 0 Å². The van der Waals surface area contributed by atoms with Crippen LogP contribution in [0.25, 0.3) is 11.0 Å². The number of hydrogen-bond acceptors (Lipinski definition) is 3. The number of aryl methyl sites for hydroxylation is 3. The maximum atomic E-state index is 12.5. The normalized spacial score (nSPS) is 12.3. The molecule has 3 rings (SSSR count). The molecule has 0 saturated heterocycles. The van der Waals surface area contributed by atoms with E-state index in [1.165, 1.54) is 0 Å². The number of carbonyl (C=O) groups is 1. The Morgan fingerprint density at radius 1 is 1.14 bits per heavy atom. The Kier molecular flexibility index (Phi) is 6.57. The Labute approximate surface area is 173 Å². The van der Waals surface area contributed by atoms with Gasteiger partial charge in [-0.25, -0.2) is 4.98 Å². The zero-order chi connectivity index (χ0) is 21.0. The molecule has 0 aliphatic rings. The molecule has 0 fully saturated rings. The first-order valence-corrected chi connectivity index (χ1v) is 10.3. The van der Waals surface area contributed by atoms with Gasteiger partial charge in [-0.1, -0.05) is 38.1 Å². The van der Waals surface area contributed by atoms with Gasteiger partial charge < -0.3 is 14.6 Å². The number of amides is 1. The molecule has 29 heavy (non-hydrogen) atoms. The smallest absolute Gasteiger partial charge is 0.258 e. The monoisotopic (exact) mass is 393 g/mol. The lowest BCUT2D eigenvalue weighted by Crippen LogP contribution is -2.32. The average Bonchev–Trinajstić information content (AvgIpc) is 3.06. The van der Waals surface area contributed by atoms with Crippen molar-refractivity contribution in [3.63, 3.8) is 0 Å². The third-order valence-electron chi connectivity index (χ3n) is 5.08. The molecule has 1 N–H and O–H groups in total. The highest BCUT2D eigenvalue weighted by Crippen LogP contribution is 2.22. The maximum Gasteiger partial charge on any atom is 0.258 e. The minimum absolute atomic E-state index is 0.0130. The van der Waals surface area contributed by atoms with Crippen LogP contribution in [0.15, 0.2) is 42.5 Å². The number of carbonyl (C=O) groups excluding carboxylic acids is 1. The van der Waals surface area contributed by atoms with Crippen LogP contribution >= 0.6 is 0 Å². The van der Waals surface area contributed by atoms with Crippen molar-refractivity contribution in [1.82, 2.24) is 14.9 Å². The second-order valence-electron chi connectivity index (χ2n) is 8.14. The van der Waals surface area contributed by atoms with Crippen LogP contribution in [0, 0.1) is 19.8 Å². The van der Waals surface area contributed by atoms with Gasteiger partial charge in [0, 0.05) is 6.54 Å². The van der Waals surface area contributed by atoms with Crippen molar-refractivity contribution >= 4 is 16.9 Å². The summed E-state index contributed by atoms with van der Waals surface area (Å²) in [5, 5.41) is 3.04. The highest BCUT2D eigenvalue weighted by Gasteiger charge is 2.19. The fraction of sp³-hybridized carbons (Fsp3) is 0.417. The van der Waals surface area contributed by atoms with E-state index in [2.05, 4.69) is 29.8 Å². The van der Waals surface area contributed by atoms with Crippen molar-refractivity contribution in [2.75, 3.05) is 6.61 Å². The first-order chi connectivity index (χ1) is 13.8. The Bertz CT molecular complexity index is 991. The minimum atomic E-state index is -0.204. The van der Waals surface area contributed by atoms with E-state index in [-0.39, 0.29) is 18.6 Å². The molecule has 0 aliphatic heterocycles. The molecule has 0 spiro atoms. The Balaban J connectivity index is 1.71. The average molecular weight is 394 g/mol. The molecular formula is C24H31N3O2. The van der Waals surface area contributed by atoms with Crippen molar-refractivity contribution in [2.24, 2.45) is 5.92 Å². The molecule has 0 saturated carbocycles. The molecule has 0 bridgehead atoms. The second-order valence-corrected chi connectivity index (χ2v) is 8.14. The summed E-state index contributed by atoms with van der Waals surface area (Å²) in [4.78, 5) is 17.3. The zero-order valence-corrected chi connectivity index (χ0v) is 18.0. The summed E-state index contributed by atoms with van der Waals surface area (Å²) >= 11 is 0. The molecular weight excluding hydrogens is 362 g/mol. The molecule has 3 aromatic rings. The van der Waals surface area contributed by atoms with E-state index >= 15 is 0 Å². The first kappa shape index (κ1) is 20.9. The predicted molar refractivity (Wildman–Crippen MR) is 117 cm³/mol. The third kappa shape index (κ3) is 5.17. The SMILES string of the molecule is Cc1ccc(C)c(OCC(=O)NC(C)c2nc3ccccc3n2CCC(C)C)c1. The summed E-state index contributed by atoms with van der Waals surface area (Å²) in [6, 6.07) is 13.9. The number of ether oxygens (including phenoxy) is 1. The third-order valence-corrected chi connectivity index (χ3v) is 5.08. The first-order valence-electron chi connectivity index (χ1n) is 10.3. The van der Waals surface area contributed by atoms with Crippen LogP contribution in [-0.2, 0) is 11.3 Å². The molecule has 1 heterocycles. The number of rotatable bonds is 8. The number of aromatic nitrogens is 2. The van der Waals surface area contributed by atoms with Crippen molar-refractivity contribution in [1.29, 1.82) is 0 Å². The van der Waals surface area contributed by atoms with Crippen molar-refractivity contribution < 1.29 is 9.53 Å². The zero-order valence-electron chi connectivity index (χ0n) is 18.0. The summed E-state index contributed by atoms with van der Waals surface area (Å²) in [6.45, 7) is 11.3. The van der Waals surface area contributed by atoms with Gasteiger partial charge in [0.2, 0.25) is 0 Å². The van der Waals surface area contributed by atoms with Gasteiger partial charge >= 0.3 is 0 Å². The number of hydrogen-bond donors (Lipinski definition) is 1. The van der Waals surface area contributed by atoms with E-state index < -0.39 is 0 Å². The van der Waals surface area contributed by atoms with Gasteiger partial charge in [-0.2, -0.15) is 0 Å². The topological polar surface area (TPSA) is 56.1 Å². The van der Waals surface area contributed by atoms with Crippen molar-refractivity contribution in [3.8, 4) is 5.75 Å². The summed E-state index contributed by atoms with van der Waals surface area (Å²) in [7, 11) is 0. The standard InChI is InChI=1S/C24H31N3O2/c1-16(2)12-13-27-21-9-7-6-8-20(21)26-24(27)19(5)25-23(28)15-29-22-14-17(3)10-11-18(22)4/h6-11,14,16,19H,12-13,15H2,1-5H3,(H,25,28). The van der Waals surface area contributed by atoms with Crippen LogP contribution in [0.4, 0.5) is 0 Å². The van der Waals surface area contributed by atoms with Crippen LogP contribution in [0.2, 0.25) is 0 Å². The van der Waals surface area contributed by atoms with Crippen molar-refractivity contribution in [3.05, 3.63) is 59.4 Å². The highest BCUT2D eigenvalue weighted by molar-refractivity contribution is 5.79. The number of benzene rings is 2. The number of para-hydroxylation sites is 2. The molecule has 1 atom stereocenters. The molecule has 0 aliphatic carbocycles. The fourth-order valence-electron chi connectivity index (χ4n) is 3.40. The van der Waals surface area contributed by atoms with Crippen LogP contribution < -0.4 is 10.1 Å². The van der Waals surface area contributed by atoms with Gasteiger partial charge in [0.25, 0.3) is 5.91 Å². The van der Waals surface area contributed by atoms with Crippen LogP contribution in [0.5, 0.6) is 5.75 Å². The lowest BCUT2D eigenvalue weighted by molar-refractivity contribution is -0.123. The number of fused-ring (bicyclic) bond motifs is 1. The Morgan fingerprint density at radius 3 is 2.66 bits per heavy atom. The number of nitrogens with zero attached hydrogens (tertiary/aromatic N) is 2. The Hall–Kier alpha value is -2.82.